The summed E-state index contributed by atoms with van der Waals surface area (Å²) in [5.74, 6) is -0.413. The summed E-state index contributed by atoms with van der Waals surface area (Å²) in [6.45, 7) is 0.212. The average Bonchev–Trinajstić information content (AvgIpc) is 3.23. The number of piperidine rings is 1. The number of carbonyl (C=O) groups excluding carboxylic acids is 2. The summed E-state index contributed by atoms with van der Waals surface area (Å²) in [5.41, 5.74) is 5.65. The minimum absolute atomic E-state index is 0.103. The number of imide groups is 1. The number of benzene rings is 1. The van der Waals surface area contributed by atoms with Gasteiger partial charge in [-0.15, -0.1) is 0 Å². The standard InChI is InChI=1S/C15H15N3O2/c16-9-15(17,10-4-2-1-3-5-10)6-7-18-13(19)11-8-12(11)14(18)20/h1-5,11-12H,6-8,17H2. The van der Waals surface area contributed by atoms with Crippen molar-refractivity contribution in [1.29, 1.82) is 5.26 Å². The molecule has 1 aromatic carbocycles. The Hall–Kier alpha value is -2.19. The zero-order valence-corrected chi connectivity index (χ0v) is 11.0. The number of likely N-dealkylation sites (tertiary alicyclic amines) is 1. The van der Waals surface area contributed by atoms with Crippen LogP contribution in [0, 0.1) is 23.2 Å². The quantitative estimate of drug-likeness (QED) is 0.817. The van der Waals surface area contributed by atoms with E-state index in [0.29, 0.717) is 12.0 Å². The molecule has 0 bridgehead atoms. The molecule has 102 valence electrons. The van der Waals surface area contributed by atoms with Crippen molar-refractivity contribution >= 4 is 11.8 Å². The van der Waals surface area contributed by atoms with Crippen LogP contribution in [0.4, 0.5) is 0 Å². The van der Waals surface area contributed by atoms with Crippen molar-refractivity contribution in [3.05, 3.63) is 35.9 Å². The van der Waals surface area contributed by atoms with Gasteiger partial charge in [0.1, 0.15) is 5.54 Å². The molecular weight excluding hydrogens is 254 g/mol. The predicted molar refractivity (Wildman–Crippen MR) is 70.9 cm³/mol. The van der Waals surface area contributed by atoms with Gasteiger partial charge in [0.15, 0.2) is 0 Å². The maximum atomic E-state index is 11.9. The van der Waals surface area contributed by atoms with E-state index in [-0.39, 0.29) is 36.6 Å². The molecule has 5 heteroatoms. The third-order valence-corrected chi connectivity index (χ3v) is 4.18. The molecule has 5 nitrogen and oxygen atoms in total. The zero-order valence-electron chi connectivity index (χ0n) is 11.0. The number of amides is 2. The lowest BCUT2D eigenvalue weighted by Gasteiger charge is -2.25. The first kappa shape index (κ1) is 12.8. The number of nitriles is 1. The zero-order chi connectivity index (χ0) is 14.3. The lowest BCUT2D eigenvalue weighted by molar-refractivity contribution is -0.141. The summed E-state index contributed by atoms with van der Waals surface area (Å²) in [7, 11) is 0. The van der Waals surface area contributed by atoms with Crippen LogP contribution < -0.4 is 5.73 Å². The number of hydrogen-bond donors (Lipinski definition) is 1. The monoisotopic (exact) mass is 269 g/mol. The largest absolute Gasteiger partial charge is 0.310 e. The summed E-state index contributed by atoms with van der Waals surface area (Å²) >= 11 is 0. The smallest absolute Gasteiger partial charge is 0.233 e. The topological polar surface area (TPSA) is 87.2 Å². The van der Waals surface area contributed by atoms with Gasteiger partial charge in [0.2, 0.25) is 11.8 Å². The van der Waals surface area contributed by atoms with E-state index in [2.05, 4.69) is 6.07 Å². The number of hydrogen-bond acceptors (Lipinski definition) is 4. The van der Waals surface area contributed by atoms with E-state index in [0.717, 1.165) is 0 Å². The van der Waals surface area contributed by atoms with Crippen molar-refractivity contribution in [3.63, 3.8) is 0 Å². The van der Waals surface area contributed by atoms with Crippen molar-refractivity contribution in [2.45, 2.75) is 18.4 Å². The highest BCUT2D eigenvalue weighted by molar-refractivity contribution is 6.08. The number of fused-ring (bicyclic) bond motifs is 1. The molecule has 20 heavy (non-hydrogen) atoms. The van der Waals surface area contributed by atoms with Gasteiger partial charge in [0.05, 0.1) is 17.9 Å². The molecule has 2 amide bonds. The molecule has 1 saturated heterocycles. The van der Waals surface area contributed by atoms with Crippen molar-refractivity contribution in [2.75, 3.05) is 6.54 Å². The molecule has 1 aliphatic carbocycles. The fourth-order valence-electron chi connectivity index (χ4n) is 2.76. The third kappa shape index (κ3) is 1.89. The van der Waals surface area contributed by atoms with Crippen LogP contribution in [0.1, 0.15) is 18.4 Å². The van der Waals surface area contributed by atoms with E-state index in [1.54, 1.807) is 12.1 Å². The molecule has 0 spiro atoms. The lowest BCUT2D eigenvalue weighted by Crippen LogP contribution is -2.42. The van der Waals surface area contributed by atoms with Gasteiger partial charge in [-0.1, -0.05) is 30.3 Å². The van der Waals surface area contributed by atoms with Crippen molar-refractivity contribution in [2.24, 2.45) is 17.6 Å². The van der Waals surface area contributed by atoms with Gasteiger partial charge in [-0.3, -0.25) is 14.5 Å². The molecule has 3 unspecified atom stereocenters. The Morgan fingerprint density at radius 3 is 2.40 bits per heavy atom. The molecule has 0 aromatic heterocycles. The predicted octanol–water partition coefficient (Wildman–Crippen LogP) is 0.759. The Labute approximate surface area is 117 Å². The van der Waals surface area contributed by atoms with E-state index < -0.39 is 5.54 Å². The summed E-state index contributed by atoms with van der Waals surface area (Å²) in [5, 5.41) is 9.34. The molecule has 2 aliphatic rings. The highest BCUT2D eigenvalue weighted by Crippen LogP contribution is 2.47. The number of nitrogens with two attached hydrogens (primary N) is 1. The second-order valence-electron chi connectivity index (χ2n) is 5.48. The second kappa shape index (κ2) is 4.43. The first-order valence-corrected chi connectivity index (χ1v) is 6.68. The van der Waals surface area contributed by atoms with Gasteiger partial charge in [0, 0.05) is 13.0 Å². The Morgan fingerprint density at radius 2 is 1.85 bits per heavy atom. The molecule has 0 radical (unpaired) electrons. The number of nitrogens with zero attached hydrogens (tertiary/aromatic N) is 2. The highest BCUT2D eigenvalue weighted by Gasteiger charge is 2.58. The average molecular weight is 269 g/mol. The fourth-order valence-corrected chi connectivity index (χ4v) is 2.76. The van der Waals surface area contributed by atoms with E-state index >= 15 is 0 Å². The summed E-state index contributed by atoms with van der Waals surface area (Å²) in [6.07, 6.45) is 0.948. The van der Waals surface area contributed by atoms with Gasteiger partial charge in [-0.05, 0) is 12.0 Å². The summed E-state index contributed by atoms with van der Waals surface area (Å²) in [4.78, 5) is 25.0. The van der Waals surface area contributed by atoms with Crippen LogP contribution in [0.2, 0.25) is 0 Å². The molecule has 1 saturated carbocycles. The van der Waals surface area contributed by atoms with Gasteiger partial charge in [0.25, 0.3) is 0 Å². The fraction of sp³-hybridized carbons (Fsp3) is 0.400. The second-order valence-corrected chi connectivity index (χ2v) is 5.48. The van der Waals surface area contributed by atoms with Crippen molar-refractivity contribution in [1.82, 2.24) is 4.90 Å². The van der Waals surface area contributed by atoms with Gasteiger partial charge in [-0.25, -0.2) is 0 Å². The first-order valence-electron chi connectivity index (χ1n) is 6.68. The normalized spacial score (nSPS) is 26.9. The van der Waals surface area contributed by atoms with Crippen LogP contribution in [-0.2, 0) is 15.1 Å². The molecule has 3 rings (SSSR count). The van der Waals surface area contributed by atoms with Crippen LogP contribution in [0.25, 0.3) is 0 Å². The number of rotatable bonds is 4. The molecule has 1 heterocycles. The molecule has 2 N–H and O–H groups in total. The third-order valence-electron chi connectivity index (χ3n) is 4.18. The van der Waals surface area contributed by atoms with E-state index in [1.165, 1.54) is 4.90 Å². The Kier molecular flexibility index (Phi) is 2.84. The minimum atomic E-state index is -1.17. The Morgan fingerprint density at radius 1 is 1.25 bits per heavy atom. The Balaban J connectivity index is 1.72. The Bertz CT molecular complexity index is 587. The molecular formula is C15H15N3O2. The minimum Gasteiger partial charge on any atom is -0.310 e. The molecule has 3 atom stereocenters. The van der Waals surface area contributed by atoms with Crippen LogP contribution in [0.5, 0.6) is 0 Å². The maximum absolute atomic E-state index is 11.9. The van der Waals surface area contributed by atoms with E-state index in [4.69, 9.17) is 5.73 Å². The van der Waals surface area contributed by atoms with Crippen LogP contribution in [0.3, 0.4) is 0 Å². The van der Waals surface area contributed by atoms with Gasteiger partial charge in [-0.2, -0.15) is 5.26 Å². The van der Waals surface area contributed by atoms with Crippen molar-refractivity contribution < 1.29 is 9.59 Å². The summed E-state index contributed by atoms with van der Waals surface area (Å²) < 4.78 is 0. The lowest BCUT2D eigenvalue weighted by atomic mass is 9.89. The van der Waals surface area contributed by atoms with Crippen LogP contribution >= 0.6 is 0 Å². The summed E-state index contributed by atoms with van der Waals surface area (Å²) in [6, 6.07) is 11.2. The highest BCUT2D eigenvalue weighted by atomic mass is 16.2. The first-order chi connectivity index (χ1) is 9.57. The molecule has 1 aromatic rings. The van der Waals surface area contributed by atoms with E-state index in [9.17, 15) is 14.9 Å². The molecule has 1 aliphatic heterocycles. The van der Waals surface area contributed by atoms with Gasteiger partial charge >= 0.3 is 0 Å². The SMILES string of the molecule is N#CC(N)(CCN1C(=O)C2CC2C1=O)c1ccccc1. The maximum Gasteiger partial charge on any atom is 0.233 e. The van der Waals surface area contributed by atoms with Crippen molar-refractivity contribution in [3.8, 4) is 6.07 Å². The van der Waals surface area contributed by atoms with Gasteiger partial charge < -0.3 is 5.73 Å². The van der Waals surface area contributed by atoms with E-state index in [1.807, 2.05) is 18.2 Å². The molecule has 2 fully saturated rings. The van der Waals surface area contributed by atoms with Crippen LogP contribution in [0.15, 0.2) is 30.3 Å². The van der Waals surface area contributed by atoms with Crippen LogP contribution in [-0.4, -0.2) is 23.3 Å². The number of carbonyl (C=O) groups is 2.